The van der Waals surface area contributed by atoms with Gasteiger partial charge in [-0.2, -0.15) is 0 Å². The number of ether oxygens (including phenoxy) is 1. The highest BCUT2D eigenvalue weighted by atomic mass is 19.1. The molecule has 0 bridgehead atoms. The number of amides is 1. The lowest BCUT2D eigenvalue weighted by molar-refractivity contribution is -0.917. The topological polar surface area (TPSA) is 47.1 Å². The molecule has 6 heteroatoms. The second-order valence-corrected chi connectivity index (χ2v) is 7.23. The van der Waals surface area contributed by atoms with Crippen molar-refractivity contribution in [3.8, 4) is 5.75 Å². The second kappa shape index (κ2) is 7.64. The van der Waals surface area contributed by atoms with Gasteiger partial charge in [-0.25, -0.2) is 4.39 Å². The molecule has 1 amide bonds. The first-order valence-electron chi connectivity index (χ1n) is 9.50. The first-order chi connectivity index (χ1) is 13.6. The van der Waals surface area contributed by atoms with E-state index in [4.69, 9.17) is 9.15 Å². The minimum atomic E-state index is -0.260. The fourth-order valence-corrected chi connectivity index (χ4v) is 3.88. The SMILES string of the molecule is COc1ccc(F)cc1C[NH+]1CCN(C(=O)c2oc3ccccc3c2C)CC1. The van der Waals surface area contributed by atoms with Crippen molar-refractivity contribution in [2.24, 2.45) is 0 Å². The summed E-state index contributed by atoms with van der Waals surface area (Å²) in [5.41, 5.74) is 2.48. The number of rotatable bonds is 4. The number of furan rings is 1. The van der Waals surface area contributed by atoms with E-state index < -0.39 is 0 Å². The number of nitrogens with one attached hydrogen (secondary N) is 1. The van der Waals surface area contributed by atoms with Crippen LogP contribution >= 0.6 is 0 Å². The van der Waals surface area contributed by atoms with Crippen LogP contribution in [0.15, 0.2) is 46.9 Å². The van der Waals surface area contributed by atoms with Gasteiger partial charge in [0, 0.05) is 10.9 Å². The molecule has 0 radical (unpaired) electrons. The van der Waals surface area contributed by atoms with Gasteiger partial charge in [-0.15, -0.1) is 0 Å². The van der Waals surface area contributed by atoms with E-state index in [1.165, 1.54) is 17.0 Å². The predicted octanol–water partition coefficient (Wildman–Crippen LogP) is 2.43. The van der Waals surface area contributed by atoms with Gasteiger partial charge in [-0.05, 0) is 31.2 Å². The van der Waals surface area contributed by atoms with Crippen molar-refractivity contribution < 1.29 is 23.2 Å². The number of halogens is 1. The van der Waals surface area contributed by atoms with Gasteiger partial charge in [0.1, 0.15) is 23.7 Å². The molecule has 28 heavy (non-hydrogen) atoms. The summed E-state index contributed by atoms with van der Waals surface area (Å²) in [7, 11) is 1.60. The van der Waals surface area contributed by atoms with Crippen LogP contribution in [0.4, 0.5) is 4.39 Å². The first kappa shape index (κ1) is 18.5. The summed E-state index contributed by atoms with van der Waals surface area (Å²) < 4.78 is 24.8. The molecule has 1 N–H and O–H groups in total. The first-order valence-corrected chi connectivity index (χ1v) is 9.50. The molecule has 146 valence electrons. The van der Waals surface area contributed by atoms with E-state index in [1.54, 1.807) is 13.2 Å². The molecule has 1 saturated heterocycles. The Balaban J connectivity index is 1.43. The second-order valence-electron chi connectivity index (χ2n) is 7.23. The van der Waals surface area contributed by atoms with E-state index in [2.05, 4.69) is 0 Å². The number of aryl methyl sites for hydroxylation is 1. The maximum Gasteiger partial charge on any atom is 0.290 e. The van der Waals surface area contributed by atoms with E-state index in [-0.39, 0.29) is 11.7 Å². The Morgan fingerprint density at radius 3 is 2.68 bits per heavy atom. The van der Waals surface area contributed by atoms with Crippen LogP contribution in [0.1, 0.15) is 21.7 Å². The summed E-state index contributed by atoms with van der Waals surface area (Å²) in [5.74, 6) is 0.808. The molecule has 5 nitrogen and oxygen atoms in total. The quantitative estimate of drug-likeness (QED) is 0.753. The normalized spacial score (nSPS) is 15.2. The molecule has 0 unspecified atom stereocenters. The van der Waals surface area contributed by atoms with Crippen LogP contribution in [0, 0.1) is 12.7 Å². The lowest BCUT2D eigenvalue weighted by Gasteiger charge is -2.32. The van der Waals surface area contributed by atoms with Crippen LogP contribution in [0.2, 0.25) is 0 Å². The molecule has 0 saturated carbocycles. The number of piperazine rings is 1. The average molecular weight is 383 g/mol. The summed E-state index contributed by atoms with van der Waals surface area (Å²) in [4.78, 5) is 16.1. The van der Waals surface area contributed by atoms with Gasteiger partial charge in [0.25, 0.3) is 5.91 Å². The summed E-state index contributed by atoms with van der Waals surface area (Å²) in [5, 5.41) is 0.980. The van der Waals surface area contributed by atoms with E-state index in [1.807, 2.05) is 36.1 Å². The number of hydrogen-bond donors (Lipinski definition) is 1. The predicted molar refractivity (Wildman–Crippen MR) is 104 cm³/mol. The molecule has 1 aliphatic rings. The lowest BCUT2D eigenvalue weighted by atomic mass is 10.1. The molecule has 4 rings (SSSR count). The smallest absolute Gasteiger partial charge is 0.290 e. The van der Waals surface area contributed by atoms with Gasteiger partial charge in [0.2, 0.25) is 0 Å². The zero-order valence-corrected chi connectivity index (χ0v) is 16.1. The van der Waals surface area contributed by atoms with Gasteiger partial charge in [-0.1, -0.05) is 18.2 Å². The largest absolute Gasteiger partial charge is 0.496 e. The third kappa shape index (κ3) is 3.47. The van der Waals surface area contributed by atoms with Crippen LogP contribution in [0.25, 0.3) is 11.0 Å². The van der Waals surface area contributed by atoms with Crippen LogP contribution < -0.4 is 9.64 Å². The van der Waals surface area contributed by atoms with Crippen molar-refractivity contribution >= 4 is 16.9 Å². The number of nitrogens with zero attached hydrogens (tertiary/aromatic N) is 1. The Morgan fingerprint density at radius 2 is 1.96 bits per heavy atom. The van der Waals surface area contributed by atoms with Crippen molar-refractivity contribution in [1.82, 2.24) is 4.90 Å². The Bertz CT molecular complexity index is 1010. The van der Waals surface area contributed by atoms with Crippen LogP contribution in [-0.4, -0.2) is 44.1 Å². The molecular weight excluding hydrogens is 359 g/mol. The molecule has 0 atom stereocenters. The van der Waals surface area contributed by atoms with E-state index >= 15 is 0 Å². The van der Waals surface area contributed by atoms with Crippen molar-refractivity contribution in [3.63, 3.8) is 0 Å². The van der Waals surface area contributed by atoms with E-state index in [9.17, 15) is 9.18 Å². The molecule has 1 aliphatic heterocycles. The number of para-hydroxylation sites is 1. The lowest BCUT2D eigenvalue weighted by Crippen LogP contribution is -3.13. The van der Waals surface area contributed by atoms with Crippen molar-refractivity contribution in [1.29, 1.82) is 0 Å². The Kier molecular flexibility index (Phi) is 5.05. The molecule has 2 aromatic carbocycles. The van der Waals surface area contributed by atoms with Crippen LogP contribution in [0.3, 0.4) is 0 Å². The van der Waals surface area contributed by atoms with Gasteiger partial charge in [-0.3, -0.25) is 4.79 Å². The molecule has 2 heterocycles. The maximum absolute atomic E-state index is 13.6. The van der Waals surface area contributed by atoms with Gasteiger partial charge >= 0.3 is 0 Å². The third-order valence-electron chi connectivity index (χ3n) is 5.48. The number of fused-ring (bicyclic) bond motifs is 1. The Morgan fingerprint density at radius 1 is 1.21 bits per heavy atom. The van der Waals surface area contributed by atoms with Crippen molar-refractivity contribution in [2.75, 3.05) is 33.3 Å². The molecule has 0 spiro atoms. The monoisotopic (exact) mass is 383 g/mol. The Labute approximate surface area is 163 Å². The van der Waals surface area contributed by atoms with Gasteiger partial charge < -0.3 is 19.0 Å². The highest BCUT2D eigenvalue weighted by Gasteiger charge is 2.28. The summed E-state index contributed by atoms with van der Waals surface area (Å²) >= 11 is 0. The fourth-order valence-electron chi connectivity index (χ4n) is 3.88. The van der Waals surface area contributed by atoms with Gasteiger partial charge in [0.05, 0.1) is 38.9 Å². The average Bonchev–Trinajstić information content (AvgIpc) is 3.05. The third-order valence-corrected chi connectivity index (χ3v) is 5.48. The van der Waals surface area contributed by atoms with Crippen LogP contribution in [-0.2, 0) is 6.54 Å². The molecule has 1 aromatic heterocycles. The zero-order valence-electron chi connectivity index (χ0n) is 16.1. The fraction of sp³-hybridized carbons (Fsp3) is 0.318. The molecule has 1 fully saturated rings. The standard InChI is InChI=1S/C22H23FN2O3/c1-15-18-5-3-4-6-20(18)28-21(15)22(26)25-11-9-24(10-12-25)14-16-13-17(23)7-8-19(16)27-2/h3-8,13H,9-12,14H2,1-2H3/p+1. The number of carbonyl (C=O) groups is 1. The summed E-state index contributed by atoms with van der Waals surface area (Å²) in [6.07, 6.45) is 0. The number of hydrogen-bond acceptors (Lipinski definition) is 3. The Hall–Kier alpha value is -2.86. The molecule has 0 aliphatic carbocycles. The van der Waals surface area contributed by atoms with E-state index in [0.717, 1.165) is 35.2 Å². The minimum absolute atomic E-state index is 0.0592. The molecular formula is C22H24FN2O3+. The highest BCUT2D eigenvalue weighted by Crippen LogP contribution is 2.26. The van der Waals surface area contributed by atoms with Crippen molar-refractivity contribution in [3.05, 3.63) is 65.2 Å². The minimum Gasteiger partial charge on any atom is -0.496 e. The number of methoxy groups -OCH3 is 1. The van der Waals surface area contributed by atoms with E-state index in [0.29, 0.717) is 31.1 Å². The zero-order chi connectivity index (χ0) is 19.7. The summed E-state index contributed by atoms with van der Waals surface area (Å²) in [6.45, 7) is 5.48. The number of benzene rings is 2. The van der Waals surface area contributed by atoms with Gasteiger partial charge in [0.15, 0.2) is 5.76 Å². The number of carbonyl (C=O) groups excluding carboxylic acids is 1. The highest BCUT2D eigenvalue weighted by molar-refractivity contribution is 5.98. The van der Waals surface area contributed by atoms with Crippen LogP contribution in [0.5, 0.6) is 5.75 Å². The summed E-state index contributed by atoms with van der Waals surface area (Å²) in [6, 6.07) is 12.3. The van der Waals surface area contributed by atoms with Crippen molar-refractivity contribution in [2.45, 2.75) is 13.5 Å². The maximum atomic E-state index is 13.6. The number of quaternary nitrogens is 1. The molecule has 3 aromatic rings.